The van der Waals surface area contributed by atoms with Crippen molar-refractivity contribution in [3.05, 3.63) is 53.1 Å². The molecule has 0 unspecified atom stereocenters. The van der Waals surface area contributed by atoms with Crippen molar-refractivity contribution in [3.63, 3.8) is 0 Å². The zero-order chi connectivity index (χ0) is 23.1. The van der Waals surface area contributed by atoms with E-state index >= 15 is 0 Å². The highest BCUT2D eigenvalue weighted by Gasteiger charge is 2.66. The number of aryl methyl sites for hydroxylation is 1. The Labute approximate surface area is 189 Å². The summed E-state index contributed by atoms with van der Waals surface area (Å²) in [5.41, 5.74) is 6.37. The Kier molecular flexibility index (Phi) is 5.59. The summed E-state index contributed by atoms with van der Waals surface area (Å²) in [5, 5.41) is 2.98. The van der Waals surface area contributed by atoms with Crippen molar-refractivity contribution >= 4 is 28.5 Å². The summed E-state index contributed by atoms with van der Waals surface area (Å²) in [5.74, 6) is 1.69. The fourth-order valence-corrected chi connectivity index (χ4v) is 5.57. The van der Waals surface area contributed by atoms with Crippen LogP contribution in [-0.2, 0) is 5.54 Å². The molecular weight excluding hydrogens is 434 g/mol. The second-order valence-corrected chi connectivity index (χ2v) is 9.57. The highest BCUT2D eigenvalue weighted by Crippen LogP contribution is 2.66. The van der Waals surface area contributed by atoms with Crippen LogP contribution in [0, 0.1) is 31.0 Å². The Bertz CT molecular complexity index is 1170. The van der Waals surface area contributed by atoms with Gasteiger partial charge >= 0.3 is 0 Å². The number of nitrogens with one attached hydrogen (secondary N) is 1. The Morgan fingerprint density at radius 3 is 2.94 bits per heavy atom. The molecule has 166 valence electrons. The lowest BCUT2D eigenvalue weighted by molar-refractivity contribution is 0.102. The molecule has 0 radical (unpaired) electrons. The van der Waals surface area contributed by atoms with E-state index in [2.05, 4.69) is 21.2 Å². The minimum atomic E-state index is -1.02. The molecule has 9 heteroatoms. The van der Waals surface area contributed by atoms with Crippen LogP contribution in [0.15, 0.2) is 35.5 Å². The van der Waals surface area contributed by atoms with Gasteiger partial charge in [-0.15, -0.1) is 6.42 Å². The van der Waals surface area contributed by atoms with Gasteiger partial charge in [0.2, 0.25) is 0 Å². The molecular formula is C23H22F2N4O2S. The Balaban J connectivity index is 1.60. The number of hydrogen-bond acceptors (Lipinski definition) is 6. The minimum Gasteiger partial charge on any atom is -0.479 e. The summed E-state index contributed by atoms with van der Waals surface area (Å²) in [7, 11) is 0. The maximum absolute atomic E-state index is 14.9. The van der Waals surface area contributed by atoms with Gasteiger partial charge in [-0.3, -0.25) is 9.79 Å². The number of anilines is 1. The number of alkyl halides is 1. The Morgan fingerprint density at radius 2 is 2.25 bits per heavy atom. The number of carbonyl (C=O) groups is 1. The van der Waals surface area contributed by atoms with Crippen molar-refractivity contribution in [1.29, 1.82) is 0 Å². The monoisotopic (exact) mass is 456 g/mol. The number of terminal acetylenes is 1. The van der Waals surface area contributed by atoms with E-state index in [0.717, 1.165) is 0 Å². The van der Waals surface area contributed by atoms with Gasteiger partial charge in [0.25, 0.3) is 5.91 Å². The lowest BCUT2D eigenvalue weighted by Gasteiger charge is -2.33. The summed E-state index contributed by atoms with van der Waals surface area (Å²) in [6.45, 7) is 3.02. The van der Waals surface area contributed by atoms with Crippen LogP contribution in [0.2, 0.25) is 0 Å². The van der Waals surface area contributed by atoms with Gasteiger partial charge in [-0.25, -0.2) is 13.8 Å². The second-order valence-electron chi connectivity index (χ2n) is 8.13. The first kappa shape index (κ1) is 22.1. The van der Waals surface area contributed by atoms with Crippen molar-refractivity contribution in [2.24, 2.45) is 16.6 Å². The van der Waals surface area contributed by atoms with Gasteiger partial charge in [0.1, 0.15) is 30.5 Å². The molecule has 2 aliphatic rings. The van der Waals surface area contributed by atoms with Gasteiger partial charge in [0, 0.05) is 17.2 Å². The molecule has 0 spiro atoms. The van der Waals surface area contributed by atoms with E-state index in [1.807, 2.05) is 0 Å². The third-order valence-electron chi connectivity index (χ3n) is 5.94. The summed E-state index contributed by atoms with van der Waals surface area (Å²) < 4.78 is 33.2. The molecule has 6 nitrogen and oxygen atoms in total. The molecule has 2 aromatic rings. The molecule has 1 aliphatic carbocycles. The predicted molar refractivity (Wildman–Crippen MR) is 121 cm³/mol. The molecule has 2 heterocycles. The normalized spacial score (nSPS) is 25.8. The number of nitrogens with zero attached hydrogens (tertiary/aromatic N) is 2. The number of halogens is 2. The fourth-order valence-electron chi connectivity index (χ4n) is 4.24. The number of amides is 1. The number of aromatic nitrogens is 1. The number of nitrogens with two attached hydrogens (primary N) is 1. The van der Waals surface area contributed by atoms with Crippen molar-refractivity contribution in [1.82, 2.24) is 4.98 Å². The number of fused-ring (bicyclic) bond motifs is 1. The van der Waals surface area contributed by atoms with Crippen LogP contribution >= 0.6 is 11.8 Å². The van der Waals surface area contributed by atoms with Crippen molar-refractivity contribution in [3.8, 4) is 18.1 Å². The second kappa shape index (κ2) is 8.10. The van der Waals surface area contributed by atoms with Crippen LogP contribution < -0.4 is 15.8 Å². The van der Waals surface area contributed by atoms with E-state index in [1.165, 1.54) is 36.2 Å². The molecule has 1 aliphatic heterocycles. The number of rotatable bonds is 6. The van der Waals surface area contributed by atoms with Gasteiger partial charge < -0.3 is 15.8 Å². The number of amidine groups is 1. The maximum atomic E-state index is 14.9. The van der Waals surface area contributed by atoms with Crippen molar-refractivity contribution < 1.29 is 18.3 Å². The summed E-state index contributed by atoms with van der Waals surface area (Å²) in [6, 6.07) is 5.91. The van der Waals surface area contributed by atoms with E-state index in [4.69, 9.17) is 16.9 Å². The highest BCUT2D eigenvalue weighted by atomic mass is 32.2. The summed E-state index contributed by atoms with van der Waals surface area (Å²) in [4.78, 5) is 21.4. The smallest absolute Gasteiger partial charge is 0.274 e. The lowest BCUT2D eigenvalue weighted by atomic mass is 9.85. The van der Waals surface area contributed by atoms with Gasteiger partial charge in [-0.1, -0.05) is 17.7 Å². The van der Waals surface area contributed by atoms with Crippen LogP contribution in [0.3, 0.4) is 0 Å². The first-order valence-electron chi connectivity index (χ1n) is 9.97. The number of aliphatic imine (C=N–C) groups is 1. The average molecular weight is 457 g/mol. The van der Waals surface area contributed by atoms with E-state index < -0.39 is 28.7 Å². The third kappa shape index (κ3) is 3.79. The molecule has 32 heavy (non-hydrogen) atoms. The molecule has 0 saturated heterocycles. The minimum absolute atomic E-state index is 0.0972. The van der Waals surface area contributed by atoms with E-state index in [-0.39, 0.29) is 28.9 Å². The molecule has 1 aromatic heterocycles. The molecule has 1 saturated carbocycles. The highest BCUT2D eigenvalue weighted by molar-refractivity contribution is 8.15. The number of benzene rings is 1. The Hall–Kier alpha value is -3.12. The SMILES string of the molecule is C#CCOc1cnc(C(=O)Nc2ccc(F)c([C@]3(C)N=C(N)S[C@@]4(CF)C[C@H]43)c2)c(C)c1. The predicted octanol–water partition coefficient (Wildman–Crippen LogP) is 3.80. The zero-order valence-electron chi connectivity index (χ0n) is 17.6. The van der Waals surface area contributed by atoms with Crippen LogP contribution in [0.5, 0.6) is 5.75 Å². The van der Waals surface area contributed by atoms with E-state index in [1.54, 1.807) is 19.9 Å². The van der Waals surface area contributed by atoms with Crippen LogP contribution in [-0.4, -0.2) is 34.1 Å². The van der Waals surface area contributed by atoms with Crippen LogP contribution in [0.1, 0.15) is 35.0 Å². The molecule has 1 aromatic carbocycles. The molecule has 4 rings (SSSR count). The third-order valence-corrected chi connectivity index (χ3v) is 7.21. The topological polar surface area (TPSA) is 89.6 Å². The summed E-state index contributed by atoms with van der Waals surface area (Å²) >= 11 is 1.22. The van der Waals surface area contributed by atoms with Crippen molar-refractivity contribution in [2.75, 3.05) is 18.6 Å². The molecule has 1 amide bonds. The molecule has 0 bridgehead atoms. The average Bonchev–Trinajstić information content (AvgIpc) is 3.49. The first-order valence-corrected chi connectivity index (χ1v) is 10.8. The molecule has 3 atom stereocenters. The zero-order valence-corrected chi connectivity index (χ0v) is 18.4. The standard InChI is InChI=1S/C23H22F2N4O2S/c1-4-7-31-15-8-13(2)19(27-11-15)20(30)28-14-5-6-17(25)16(9-14)22(3)18-10-23(18,12-24)32-21(26)29-22/h1,5-6,8-9,11,18H,7,10,12H2,2-3H3,(H2,26,29)(H,28,30)/t18-,22-,23+/m0/s1. The number of pyridine rings is 1. The number of carbonyl (C=O) groups excluding carboxylic acids is 1. The quantitative estimate of drug-likeness (QED) is 0.646. The first-order chi connectivity index (χ1) is 15.2. The van der Waals surface area contributed by atoms with E-state index in [0.29, 0.717) is 23.4 Å². The summed E-state index contributed by atoms with van der Waals surface area (Å²) in [6.07, 6.45) is 7.15. The van der Waals surface area contributed by atoms with Gasteiger partial charge in [-0.05, 0) is 50.1 Å². The number of thioether (sulfide) groups is 1. The van der Waals surface area contributed by atoms with Crippen molar-refractivity contribution in [2.45, 2.75) is 30.6 Å². The molecule has 1 fully saturated rings. The molecule has 3 N–H and O–H groups in total. The Morgan fingerprint density at radius 1 is 1.47 bits per heavy atom. The number of hydrogen-bond donors (Lipinski definition) is 2. The largest absolute Gasteiger partial charge is 0.479 e. The van der Waals surface area contributed by atoms with Gasteiger partial charge in [0.15, 0.2) is 5.17 Å². The van der Waals surface area contributed by atoms with E-state index in [9.17, 15) is 13.6 Å². The lowest BCUT2D eigenvalue weighted by Crippen LogP contribution is -2.36. The van der Waals surface area contributed by atoms with Gasteiger partial charge in [0.05, 0.1) is 16.5 Å². The van der Waals surface area contributed by atoms with Crippen LogP contribution in [0.4, 0.5) is 14.5 Å². The fraction of sp³-hybridized carbons (Fsp3) is 0.348. The number of ether oxygens (including phenoxy) is 1. The maximum Gasteiger partial charge on any atom is 0.274 e. The van der Waals surface area contributed by atoms with Gasteiger partial charge in [-0.2, -0.15) is 0 Å². The van der Waals surface area contributed by atoms with Crippen LogP contribution in [0.25, 0.3) is 0 Å².